The summed E-state index contributed by atoms with van der Waals surface area (Å²) in [6.45, 7) is 4.07. The van der Waals surface area contributed by atoms with Gasteiger partial charge in [-0.3, -0.25) is 4.79 Å². The smallest absolute Gasteiger partial charge is 0.272 e. The molecule has 0 radical (unpaired) electrons. The molecule has 0 spiro atoms. The molecule has 0 saturated heterocycles. The number of rotatable bonds is 14. The number of hydrogen-bond acceptors (Lipinski definition) is 6. The van der Waals surface area contributed by atoms with Crippen LogP contribution in [-0.4, -0.2) is 38.9 Å². The first-order valence-electron chi connectivity index (χ1n) is 16.1. The summed E-state index contributed by atoms with van der Waals surface area (Å²) in [6, 6.07) is 27.6. The van der Waals surface area contributed by atoms with Crippen LogP contribution in [0.1, 0.15) is 54.5 Å². The largest absolute Gasteiger partial charge is 0.550 e. The molecule has 5 aromatic rings. The van der Waals surface area contributed by atoms with Crippen LogP contribution in [0.2, 0.25) is 0 Å². The van der Waals surface area contributed by atoms with E-state index >= 15 is 0 Å². The van der Waals surface area contributed by atoms with Crippen LogP contribution in [0.3, 0.4) is 0 Å². The molecule has 0 fully saturated rings. The molecule has 0 saturated carbocycles. The highest BCUT2D eigenvalue weighted by Crippen LogP contribution is 2.43. The monoisotopic (exact) mass is 679 g/mol. The van der Waals surface area contributed by atoms with Crippen LogP contribution in [0.5, 0.6) is 5.75 Å². The second-order valence-corrected chi connectivity index (χ2v) is 12.1. The number of benzene rings is 4. The number of carboxylic acids is 1. The van der Waals surface area contributed by atoms with Crippen LogP contribution < -0.4 is 15.2 Å². The number of ether oxygens (including phenoxy) is 1. The highest BCUT2D eigenvalue weighted by Gasteiger charge is 2.30. The Morgan fingerprint density at radius 3 is 2.08 bits per heavy atom. The van der Waals surface area contributed by atoms with Gasteiger partial charge in [-0.25, -0.2) is 8.78 Å². The number of aromatic nitrogens is 1. The summed E-state index contributed by atoms with van der Waals surface area (Å²) in [7, 11) is 0. The summed E-state index contributed by atoms with van der Waals surface area (Å²) in [5.74, 6) is -2.35. The fourth-order valence-electron chi connectivity index (χ4n) is 5.77. The molecule has 5 rings (SSSR count). The van der Waals surface area contributed by atoms with Crippen LogP contribution in [-0.2, 0) is 11.4 Å². The van der Waals surface area contributed by atoms with E-state index in [0.717, 1.165) is 5.56 Å². The van der Waals surface area contributed by atoms with E-state index in [1.165, 1.54) is 30.3 Å². The minimum atomic E-state index is -1.45. The molecule has 258 valence electrons. The molecule has 1 amide bonds. The summed E-state index contributed by atoms with van der Waals surface area (Å²) < 4.78 is 36.1. The van der Waals surface area contributed by atoms with Gasteiger partial charge < -0.3 is 34.7 Å². The number of nitrogens with one attached hydrogen (secondary N) is 1. The van der Waals surface area contributed by atoms with E-state index < -0.39 is 42.1 Å². The third kappa shape index (κ3) is 8.90. The van der Waals surface area contributed by atoms with Crippen molar-refractivity contribution in [3.05, 3.63) is 138 Å². The summed E-state index contributed by atoms with van der Waals surface area (Å²) in [5.41, 5.74) is 4.11. The molecule has 3 N–H and O–H groups in total. The number of carbonyl (C=O) groups excluding carboxylic acids is 2. The van der Waals surface area contributed by atoms with Gasteiger partial charge >= 0.3 is 0 Å². The highest BCUT2D eigenvalue weighted by atomic mass is 19.1. The topological polar surface area (TPSA) is 124 Å². The van der Waals surface area contributed by atoms with Gasteiger partial charge in [0.1, 0.15) is 29.7 Å². The number of carboxylic acid groups (broad SMARTS) is 1. The average molecular weight is 680 g/mol. The first-order valence-corrected chi connectivity index (χ1v) is 16.1. The molecule has 10 heteroatoms. The predicted molar refractivity (Wildman–Crippen MR) is 186 cm³/mol. The lowest BCUT2D eigenvalue weighted by atomic mass is 9.94. The van der Waals surface area contributed by atoms with Crippen molar-refractivity contribution in [2.24, 2.45) is 0 Å². The van der Waals surface area contributed by atoms with Gasteiger partial charge in [-0.1, -0.05) is 66.7 Å². The van der Waals surface area contributed by atoms with Crippen molar-refractivity contribution < 1.29 is 38.4 Å². The molecule has 1 aromatic heterocycles. The van der Waals surface area contributed by atoms with Crippen molar-refractivity contribution in [1.29, 1.82) is 0 Å². The van der Waals surface area contributed by atoms with E-state index in [0.29, 0.717) is 46.0 Å². The zero-order valence-electron chi connectivity index (χ0n) is 27.6. The molecule has 4 aromatic carbocycles. The summed E-state index contributed by atoms with van der Waals surface area (Å²) >= 11 is 0. The van der Waals surface area contributed by atoms with Gasteiger partial charge in [0.15, 0.2) is 0 Å². The SMILES string of the molecule is CC(C)n1c(/C=C/[C@@H](O)C[C@@H](O)CC(=O)[O-])c(-c2ccc(F)cc2)c(-c2ccc(F)cc2)c1C(=O)Nc1cccc(OCc2ccccc2)c1. The molecule has 0 unspecified atom stereocenters. The Kier molecular flexibility index (Phi) is 11.6. The maximum absolute atomic E-state index is 14.5. The maximum Gasteiger partial charge on any atom is 0.272 e. The Hall–Kier alpha value is -5.58. The number of anilines is 1. The Balaban J connectivity index is 1.63. The van der Waals surface area contributed by atoms with Crippen molar-refractivity contribution in [2.45, 2.75) is 51.5 Å². The average Bonchev–Trinajstić information content (AvgIpc) is 3.43. The number of aliphatic hydroxyl groups is 2. The number of aliphatic carboxylic acids is 1. The number of carbonyl (C=O) groups is 2. The number of aliphatic hydroxyl groups excluding tert-OH is 2. The zero-order chi connectivity index (χ0) is 35.8. The van der Waals surface area contributed by atoms with E-state index in [-0.39, 0.29) is 18.2 Å². The molecule has 0 aliphatic carbocycles. The fraction of sp³-hybridized carbons (Fsp3) is 0.200. The second-order valence-electron chi connectivity index (χ2n) is 12.1. The third-order valence-corrected chi connectivity index (χ3v) is 7.97. The van der Waals surface area contributed by atoms with Gasteiger partial charge in [0, 0.05) is 53.4 Å². The minimum absolute atomic E-state index is 0.215. The van der Waals surface area contributed by atoms with E-state index in [1.807, 2.05) is 44.2 Å². The number of nitrogens with zero attached hydrogens (tertiary/aromatic N) is 1. The van der Waals surface area contributed by atoms with Crippen molar-refractivity contribution >= 4 is 23.6 Å². The minimum Gasteiger partial charge on any atom is -0.550 e. The zero-order valence-corrected chi connectivity index (χ0v) is 27.6. The van der Waals surface area contributed by atoms with Crippen LogP contribution >= 0.6 is 0 Å². The lowest BCUT2D eigenvalue weighted by Gasteiger charge is -2.18. The van der Waals surface area contributed by atoms with Gasteiger partial charge in [-0.2, -0.15) is 0 Å². The van der Waals surface area contributed by atoms with Crippen LogP contribution in [0.15, 0.2) is 109 Å². The van der Waals surface area contributed by atoms with Crippen LogP contribution in [0.25, 0.3) is 28.3 Å². The maximum atomic E-state index is 14.5. The van der Waals surface area contributed by atoms with Crippen molar-refractivity contribution in [2.75, 3.05) is 5.32 Å². The summed E-state index contributed by atoms with van der Waals surface area (Å²) in [5, 5.41) is 34.8. The summed E-state index contributed by atoms with van der Waals surface area (Å²) in [4.78, 5) is 25.4. The van der Waals surface area contributed by atoms with E-state index in [9.17, 15) is 33.7 Å². The summed E-state index contributed by atoms with van der Waals surface area (Å²) in [6.07, 6.45) is -0.561. The molecule has 50 heavy (non-hydrogen) atoms. The first-order chi connectivity index (χ1) is 24.0. The molecular weight excluding hydrogens is 642 g/mol. The van der Waals surface area contributed by atoms with Crippen molar-refractivity contribution in [1.82, 2.24) is 4.57 Å². The number of hydrogen-bond donors (Lipinski definition) is 3. The van der Waals surface area contributed by atoms with Crippen molar-refractivity contribution in [3.63, 3.8) is 0 Å². The standard InChI is InChI=1S/C40H38F2N2O6/c1-25(2)44-35(20-19-32(45)22-33(46)23-36(47)48)37(27-11-15-29(41)16-12-27)38(28-13-17-30(42)18-14-28)39(44)40(49)43-31-9-6-10-34(21-31)50-24-26-7-4-3-5-8-26/h3-21,25,32-33,45-46H,22-24H2,1-2H3,(H,43,49)(H,47,48)/p-1/b20-19+/t32-,33-/m1/s1. The van der Waals surface area contributed by atoms with Crippen LogP contribution in [0.4, 0.5) is 14.5 Å². The fourth-order valence-corrected chi connectivity index (χ4v) is 5.77. The van der Waals surface area contributed by atoms with Gasteiger partial charge in [0.2, 0.25) is 0 Å². The normalized spacial score (nSPS) is 12.6. The molecule has 0 aliphatic rings. The Bertz CT molecular complexity index is 1950. The molecule has 8 nitrogen and oxygen atoms in total. The van der Waals surface area contributed by atoms with Gasteiger partial charge in [-0.05, 0) is 73.0 Å². The van der Waals surface area contributed by atoms with E-state index in [4.69, 9.17) is 4.74 Å². The van der Waals surface area contributed by atoms with Gasteiger partial charge in [-0.15, -0.1) is 0 Å². The predicted octanol–water partition coefficient (Wildman–Crippen LogP) is 6.78. The van der Waals surface area contributed by atoms with Crippen LogP contribution in [0, 0.1) is 11.6 Å². The Morgan fingerprint density at radius 2 is 1.48 bits per heavy atom. The second kappa shape index (κ2) is 16.2. The molecular formula is C40H37F2N2O6-. The number of halogens is 2. The molecule has 0 bridgehead atoms. The first kappa shape index (κ1) is 35.7. The van der Waals surface area contributed by atoms with Gasteiger partial charge in [0.25, 0.3) is 5.91 Å². The Labute approximate surface area is 288 Å². The molecule has 0 aliphatic heterocycles. The molecule has 1 heterocycles. The Morgan fingerprint density at radius 1 is 0.860 bits per heavy atom. The molecule has 2 atom stereocenters. The third-order valence-electron chi connectivity index (χ3n) is 7.97. The highest BCUT2D eigenvalue weighted by molar-refractivity contribution is 6.12. The lowest BCUT2D eigenvalue weighted by Crippen LogP contribution is -2.29. The number of amides is 1. The van der Waals surface area contributed by atoms with E-state index in [2.05, 4.69) is 5.32 Å². The van der Waals surface area contributed by atoms with E-state index in [1.54, 1.807) is 59.2 Å². The quantitative estimate of drug-likeness (QED) is 0.119. The van der Waals surface area contributed by atoms with Crippen molar-refractivity contribution in [3.8, 4) is 28.0 Å². The lowest BCUT2D eigenvalue weighted by molar-refractivity contribution is -0.307. The van der Waals surface area contributed by atoms with Gasteiger partial charge in [0.05, 0.1) is 12.2 Å².